The van der Waals surface area contributed by atoms with Crippen LogP contribution in [-0.2, 0) is 4.74 Å². The van der Waals surface area contributed by atoms with Crippen molar-refractivity contribution in [2.24, 2.45) is 0 Å². The molecule has 1 fully saturated rings. The quantitative estimate of drug-likeness (QED) is 0.656. The Kier molecular flexibility index (Phi) is 3.66. The molecule has 2 rings (SSSR count). The number of nitrogens with zero attached hydrogens (tertiary/aromatic N) is 1. The van der Waals surface area contributed by atoms with Crippen LogP contribution >= 0.6 is 0 Å². The van der Waals surface area contributed by atoms with E-state index in [1.165, 1.54) is 13.2 Å². The zero-order valence-electron chi connectivity index (χ0n) is 10.4. The summed E-state index contributed by atoms with van der Waals surface area (Å²) in [6.45, 7) is 2.71. The molecular weight excluding hydrogens is 236 g/mol. The van der Waals surface area contributed by atoms with Gasteiger partial charge in [0.1, 0.15) is 0 Å². The molecule has 0 bridgehead atoms. The zero-order valence-corrected chi connectivity index (χ0v) is 10.4. The highest BCUT2D eigenvalue weighted by atomic mass is 16.6. The lowest BCUT2D eigenvalue weighted by atomic mass is 10.1. The molecule has 1 heterocycles. The minimum absolute atomic E-state index is 0.0333. The lowest BCUT2D eigenvalue weighted by Gasteiger charge is -2.17. The van der Waals surface area contributed by atoms with Gasteiger partial charge in [-0.25, -0.2) is 0 Å². The summed E-state index contributed by atoms with van der Waals surface area (Å²) in [5, 5.41) is 14.2. The molecule has 1 aliphatic heterocycles. The van der Waals surface area contributed by atoms with Crippen LogP contribution in [0.2, 0.25) is 0 Å². The summed E-state index contributed by atoms with van der Waals surface area (Å²) in [6, 6.07) is 5.06. The van der Waals surface area contributed by atoms with Crippen LogP contribution in [0, 0.1) is 10.1 Å². The molecule has 0 aromatic heterocycles. The predicted octanol–water partition coefficient (Wildman–Crippen LogP) is 2.19. The third-order valence-electron chi connectivity index (χ3n) is 3.10. The van der Waals surface area contributed by atoms with E-state index >= 15 is 0 Å². The third-order valence-corrected chi connectivity index (χ3v) is 3.10. The van der Waals surface area contributed by atoms with Crippen molar-refractivity contribution in [3.8, 4) is 5.75 Å². The highest BCUT2D eigenvalue weighted by Crippen LogP contribution is 2.30. The number of hydrogen-bond donors (Lipinski definition) is 1. The van der Waals surface area contributed by atoms with E-state index in [1.807, 2.05) is 6.92 Å². The van der Waals surface area contributed by atoms with Crippen molar-refractivity contribution in [2.45, 2.75) is 25.5 Å². The van der Waals surface area contributed by atoms with Crippen molar-refractivity contribution in [3.05, 3.63) is 28.3 Å². The van der Waals surface area contributed by atoms with Crippen LogP contribution in [0.1, 0.15) is 13.3 Å². The summed E-state index contributed by atoms with van der Waals surface area (Å²) in [7, 11) is 1.42. The number of ether oxygens (including phenoxy) is 2. The summed E-state index contributed by atoms with van der Waals surface area (Å²) >= 11 is 0. The van der Waals surface area contributed by atoms with Gasteiger partial charge in [-0.3, -0.25) is 10.1 Å². The molecule has 1 N–H and O–H groups in total. The molecule has 0 aliphatic carbocycles. The number of hydrogen-bond acceptors (Lipinski definition) is 5. The third kappa shape index (κ3) is 2.53. The molecule has 2 unspecified atom stereocenters. The van der Waals surface area contributed by atoms with Gasteiger partial charge in [-0.1, -0.05) is 0 Å². The summed E-state index contributed by atoms with van der Waals surface area (Å²) in [6.07, 6.45) is 1.02. The van der Waals surface area contributed by atoms with E-state index in [2.05, 4.69) is 5.32 Å². The molecule has 6 nitrogen and oxygen atoms in total. The Morgan fingerprint density at radius 2 is 2.33 bits per heavy atom. The fraction of sp³-hybridized carbons (Fsp3) is 0.500. The fourth-order valence-corrected chi connectivity index (χ4v) is 2.06. The molecule has 1 aromatic carbocycles. The van der Waals surface area contributed by atoms with Gasteiger partial charge in [0.2, 0.25) is 0 Å². The molecule has 98 valence electrons. The maximum atomic E-state index is 10.9. The van der Waals surface area contributed by atoms with Crippen molar-refractivity contribution in [2.75, 3.05) is 19.0 Å². The van der Waals surface area contributed by atoms with Crippen molar-refractivity contribution in [1.29, 1.82) is 0 Å². The smallest absolute Gasteiger partial charge is 0.312 e. The van der Waals surface area contributed by atoms with Crippen LogP contribution in [0.4, 0.5) is 11.4 Å². The van der Waals surface area contributed by atoms with Crippen LogP contribution < -0.4 is 10.1 Å². The molecular formula is C12H16N2O4. The maximum absolute atomic E-state index is 10.9. The van der Waals surface area contributed by atoms with Gasteiger partial charge in [-0.2, -0.15) is 0 Å². The first-order chi connectivity index (χ1) is 8.61. The van der Waals surface area contributed by atoms with E-state index in [0.29, 0.717) is 5.69 Å². The summed E-state index contributed by atoms with van der Waals surface area (Å²) in [4.78, 5) is 10.5. The lowest BCUT2D eigenvalue weighted by Crippen LogP contribution is -2.26. The first kappa shape index (κ1) is 12.6. The highest BCUT2D eigenvalue weighted by molar-refractivity contribution is 5.59. The Balaban J connectivity index is 2.18. The Hall–Kier alpha value is -1.82. The van der Waals surface area contributed by atoms with Gasteiger partial charge >= 0.3 is 5.69 Å². The van der Waals surface area contributed by atoms with E-state index in [0.717, 1.165) is 13.0 Å². The van der Waals surface area contributed by atoms with E-state index in [-0.39, 0.29) is 23.6 Å². The molecule has 1 saturated heterocycles. The van der Waals surface area contributed by atoms with Crippen LogP contribution in [0.15, 0.2) is 18.2 Å². The van der Waals surface area contributed by atoms with Crippen LogP contribution in [0.3, 0.4) is 0 Å². The number of rotatable bonds is 4. The number of nitro groups is 1. The first-order valence-corrected chi connectivity index (χ1v) is 5.82. The summed E-state index contributed by atoms with van der Waals surface area (Å²) < 4.78 is 10.4. The van der Waals surface area contributed by atoms with Gasteiger partial charge in [-0.15, -0.1) is 0 Å². The molecule has 18 heavy (non-hydrogen) atoms. The van der Waals surface area contributed by atoms with E-state index in [4.69, 9.17) is 9.47 Å². The van der Waals surface area contributed by atoms with Crippen molar-refractivity contribution >= 4 is 11.4 Å². The SMILES string of the molecule is COc1ccc(NC2CCOC2C)cc1[N+](=O)[O-]. The Morgan fingerprint density at radius 3 is 2.89 bits per heavy atom. The largest absolute Gasteiger partial charge is 0.490 e. The number of anilines is 1. The van der Waals surface area contributed by atoms with Gasteiger partial charge < -0.3 is 14.8 Å². The van der Waals surface area contributed by atoms with Crippen molar-refractivity contribution in [1.82, 2.24) is 0 Å². The molecule has 0 spiro atoms. The van der Waals surface area contributed by atoms with E-state index < -0.39 is 4.92 Å². The number of methoxy groups -OCH3 is 1. The second kappa shape index (κ2) is 5.22. The maximum Gasteiger partial charge on any atom is 0.312 e. The van der Waals surface area contributed by atoms with Crippen LogP contribution in [0.5, 0.6) is 5.75 Å². The number of nitro benzene ring substituents is 1. The Morgan fingerprint density at radius 1 is 1.56 bits per heavy atom. The topological polar surface area (TPSA) is 73.6 Å². The van der Waals surface area contributed by atoms with Crippen LogP contribution in [-0.4, -0.2) is 30.8 Å². The molecule has 1 aromatic rings. The minimum Gasteiger partial charge on any atom is -0.490 e. The Bertz CT molecular complexity index is 450. The molecule has 0 saturated carbocycles. The lowest BCUT2D eigenvalue weighted by molar-refractivity contribution is -0.385. The molecule has 2 atom stereocenters. The van der Waals surface area contributed by atoms with Gasteiger partial charge in [0, 0.05) is 18.4 Å². The van der Waals surface area contributed by atoms with Crippen molar-refractivity contribution in [3.63, 3.8) is 0 Å². The minimum atomic E-state index is -0.446. The average Bonchev–Trinajstić information content (AvgIpc) is 2.75. The van der Waals surface area contributed by atoms with Gasteiger partial charge in [0.15, 0.2) is 5.75 Å². The second-order valence-electron chi connectivity index (χ2n) is 4.26. The van der Waals surface area contributed by atoms with Crippen molar-refractivity contribution < 1.29 is 14.4 Å². The van der Waals surface area contributed by atoms with Gasteiger partial charge in [0.25, 0.3) is 0 Å². The monoisotopic (exact) mass is 252 g/mol. The second-order valence-corrected chi connectivity index (χ2v) is 4.26. The molecule has 6 heteroatoms. The molecule has 0 radical (unpaired) electrons. The predicted molar refractivity (Wildman–Crippen MR) is 67.1 cm³/mol. The summed E-state index contributed by atoms with van der Waals surface area (Å²) in [5.74, 6) is 0.265. The fourth-order valence-electron chi connectivity index (χ4n) is 2.06. The highest BCUT2D eigenvalue weighted by Gasteiger charge is 2.25. The van der Waals surface area contributed by atoms with Gasteiger partial charge in [0.05, 0.1) is 24.2 Å². The molecule has 0 amide bonds. The van der Waals surface area contributed by atoms with E-state index in [9.17, 15) is 10.1 Å². The van der Waals surface area contributed by atoms with Gasteiger partial charge in [-0.05, 0) is 25.5 Å². The normalized spacial score (nSPS) is 22.8. The van der Waals surface area contributed by atoms with Crippen LogP contribution in [0.25, 0.3) is 0 Å². The zero-order chi connectivity index (χ0) is 13.1. The summed E-state index contributed by atoms with van der Waals surface area (Å²) in [5.41, 5.74) is 0.680. The number of nitrogens with one attached hydrogen (secondary N) is 1. The molecule has 1 aliphatic rings. The standard InChI is InChI=1S/C12H16N2O4/c1-8-10(5-6-18-8)13-9-3-4-12(17-2)11(7-9)14(15)16/h3-4,7-8,10,13H,5-6H2,1-2H3. The Labute approximate surface area is 105 Å². The number of benzene rings is 1. The average molecular weight is 252 g/mol. The van der Waals surface area contributed by atoms with E-state index in [1.54, 1.807) is 12.1 Å². The first-order valence-electron chi connectivity index (χ1n) is 5.82.